The van der Waals surface area contributed by atoms with Crippen molar-refractivity contribution in [2.45, 2.75) is 50.2 Å². The lowest BCUT2D eigenvalue weighted by atomic mass is 9.80. The Morgan fingerprint density at radius 3 is 2.83 bits per heavy atom. The molecular weight excluding hydrogens is 288 g/mol. The Labute approximate surface area is 137 Å². The van der Waals surface area contributed by atoms with Gasteiger partial charge < -0.3 is 10.6 Å². The van der Waals surface area contributed by atoms with Gasteiger partial charge in [0.1, 0.15) is 6.04 Å². The molecule has 124 valence electrons. The highest BCUT2D eigenvalue weighted by molar-refractivity contribution is 5.83. The van der Waals surface area contributed by atoms with E-state index in [0.29, 0.717) is 17.9 Å². The van der Waals surface area contributed by atoms with Crippen LogP contribution in [0.5, 0.6) is 0 Å². The minimum atomic E-state index is -0.140. The van der Waals surface area contributed by atoms with Crippen molar-refractivity contribution >= 4 is 5.91 Å². The Morgan fingerprint density at radius 1 is 1.13 bits per heavy atom. The lowest BCUT2D eigenvalue weighted by Crippen LogP contribution is -2.50. The summed E-state index contributed by atoms with van der Waals surface area (Å²) >= 11 is 0. The van der Waals surface area contributed by atoms with E-state index in [2.05, 4.69) is 52.7 Å². The van der Waals surface area contributed by atoms with Crippen molar-refractivity contribution in [3.63, 3.8) is 0 Å². The fraction of sp³-hybridized carbons (Fsp3) is 0.611. The highest BCUT2D eigenvalue weighted by atomic mass is 16.2. The molecule has 2 heterocycles. The first-order chi connectivity index (χ1) is 11.2. The summed E-state index contributed by atoms with van der Waals surface area (Å²) in [6.07, 6.45) is 3.23. The second-order valence-corrected chi connectivity index (χ2v) is 7.20. The smallest absolute Gasteiger partial charge is 0.239 e. The van der Waals surface area contributed by atoms with Crippen molar-refractivity contribution in [2.24, 2.45) is 5.92 Å². The summed E-state index contributed by atoms with van der Waals surface area (Å²) in [6.45, 7) is 4.21. The molecule has 2 aliphatic heterocycles. The number of nitrogens with one attached hydrogen (secondary N) is 4. The average molecular weight is 314 g/mol. The fourth-order valence-electron chi connectivity index (χ4n) is 4.39. The van der Waals surface area contributed by atoms with Gasteiger partial charge in [-0.05, 0) is 42.9 Å². The maximum atomic E-state index is 12.8. The van der Waals surface area contributed by atoms with Crippen LogP contribution in [0.4, 0.5) is 0 Å². The maximum absolute atomic E-state index is 12.8. The molecule has 4 rings (SSSR count). The molecule has 5 unspecified atom stereocenters. The van der Waals surface area contributed by atoms with Gasteiger partial charge in [-0.1, -0.05) is 31.2 Å². The van der Waals surface area contributed by atoms with E-state index in [1.54, 1.807) is 0 Å². The van der Waals surface area contributed by atoms with Crippen LogP contribution in [0.15, 0.2) is 24.3 Å². The van der Waals surface area contributed by atoms with Gasteiger partial charge >= 0.3 is 0 Å². The average Bonchev–Trinajstić information content (AvgIpc) is 3.02. The van der Waals surface area contributed by atoms with Crippen LogP contribution < -0.4 is 21.5 Å². The molecule has 0 bridgehead atoms. The van der Waals surface area contributed by atoms with E-state index in [4.69, 9.17) is 0 Å². The van der Waals surface area contributed by atoms with Gasteiger partial charge in [-0.25, -0.2) is 5.43 Å². The van der Waals surface area contributed by atoms with E-state index < -0.39 is 0 Å². The van der Waals surface area contributed by atoms with Gasteiger partial charge in [0, 0.05) is 18.5 Å². The molecular formula is C18H26N4O. The molecule has 5 heteroatoms. The summed E-state index contributed by atoms with van der Waals surface area (Å²) in [5.74, 6) is 1.04. The Hall–Kier alpha value is -1.43. The third-order valence-electron chi connectivity index (χ3n) is 5.77. The monoisotopic (exact) mass is 314 g/mol. The van der Waals surface area contributed by atoms with E-state index >= 15 is 0 Å². The normalized spacial score (nSPS) is 36.1. The molecule has 1 aliphatic carbocycles. The number of amides is 1. The zero-order valence-electron chi connectivity index (χ0n) is 13.6. The van der Waals surface area contributed by atoms with Crippen LogP contribution in [0.25, 0.3) is 0 Å². The van der Waals surface area contributed by atoms with E-state index in [1.807, 2.05) is 0 Å². The number of piperidine rings is 1. The summed E-state index contributed by atoms with van der Waals surface area (Å²) < 4.78 is 0. The number of carbonyl (C=O) groups excluding carboxylic acids is 1. The first kappa shape index (κ1) is 15.1. The number of benzene rings is 1. The molecule has 4 N–H and O–H groups in total. The topological polar surface area (TPSA) is 65.2 Å². The number of fused-ring (bicyclic) bond motifs is 2. The van der Waals surface area contributed by atoms with Crippen LogP contribution in [0.2, 0.25) is 0 Å². The van der Waals surface area contributed by atoms with E-state index in [-0.39, 0.29) is 18.0 Å². The minimum absolute atomic E-state index is 0.128. The predicted octanol–water partition coefficient (Wildman–Crippen LogP) is 1.20. The second-order valence-electron chi connectivity index (χ2n) is 7.20. The molecule has 2 fully saturated rings. The molecule has 0 spiro atoms. The lowest BCUT2D eigenvalue weighted by Gasteiger charge is -2.32. The SMILES string of the molecule is CC1CCC(NC(=O)C2NNC3CCNCC32)c2ccccc21. The molecule has 0 radical (unpaired) electrons. The molecule has 3 aliphatic rings. The summed E-state index contributed by atoms with van der Waals surface area (Å²) in [7, 11) is 0. The van der Waals surface area contributed by atoms with Crippen LogP contribution in [-0.2, 0) is 4.79 Å². The Morgan fingerprint density at radius 2 is 1.96 bits per heavy atom. The van der Waals surface area contributed by atoms with Crippen molar-refractivity contribution in [1.82, 2.24) is 21.5 Å². The zero-order valence-corrected chi connectivity index (χ0v) is 13.6. The van der Waals surface area contributed by atoms with Crippen molar-refractivity contribution < 1.29 is 4.79 Å². The summed E-state index contributed by atoms with van der Waals surface area (Å²) in [5, 5.41) is 6.71. The van der Waals surface area contributed by atoms with Gasteiger partial charge in [0.25, 0.3) is 0 Å². The number of hydrogen-bond acceptors (Lipinski definition) is 4. The molecule has 5 nitrogen and oxygen atoms in total. The van der Waals surface area contributed by atoms with E-state index in [9.17, 15) is 4.79 Å². The van der Waals surface area contributed by atoms with Crippen molar-refractivity contribution in [1.29, 1.82) is 0 Å². The third-order valence-corrected chi connectivity index (χ3v) is 5.77. The van der Waals surface area contributed by atoms with Gasteiger partial charge in [-0.15, -0.1) is 0 Å². The Bertz CT molecular complexity index is 590. The molecule has 5 atom stereocenters. The van der Waals surface area contributed by atoms with Crippen LogP contribution >= 0.6 is 0 Å². The first-order valence-electron chi connectivity index (χ1n) is 8.85. The zero-order chi connectivity index (χ0) is 15.8. The number of hydrazine groups is 1. The number of hydrogen-bond donors (Lipinski definition) is 4. The lowest BCUT2D eigenvalue weighted by molar-refractivity contribution is -0.124. The largest absolute Gasteiger partial charge is 0.348 e. The van der Waals surface area contributed by atoms with Gasteiger partial charge in [-0.3, -0.25) is 10.2 Å². The van der Waals surface area contributed by atoms with Crippen LogP contribution in [-0.4, -0.2) is 31.1 Å². The number of rotatable bonds is 2. The van der Waals surface area contributed by atoms with Crippen molar-refractivity contribution in [3.8, 4) is 0 Å². The van der Waals surface area contributed by atoms with Gasteiger partial charge in [0.05, 0.1) is 6.04 Å². The van der Waals surface area contributed by atoms with Crippen LogP contribution in [0.3, 0.4) is 0 Å². The van der Waals surface area contributed by atoms with Crippen molar-refractivity contribution in [2.75, 3.05) is 13.1 Å². The predicted molar refractivity (Wildman–Crippen MR) is 89.8 cm³/mol. The maximum Gasteiger partial charge on any atom is 0.239 e. The third kappa shape index (κ3) is 2.77. The molecule has 0 saturated carbocycles. The molecule has 1 aromatic carbocycles. The van der Waals surface area contributed by atoms with Crippen LogP contribution in [0, 0.1) is 5.92 Å². The summed E-state index contributed by atoms with van der Waals surface area (Å²) in [6, 6.07) is 8.96. The van der Waals surface area contributed by atoms with Crippen molar-refractivity contribution in [3.05, 3.63) is 35.4 Å². The van der Waals surface area contributed by atoms with E-state index in [0.717, 1.165) is 32.4 Å². The van der Waals surface area contributed by atoms with E-state index in [1.165, 1.54) is 11.1 Å². The standard InChI is InChI=1S/C18H26N4O/c1-11-6-7-15(13-5-3-2-4-12(11)13)20-18(23)17-14-10-19-9-8-16(14)21-22-17/h2-5,11,14-17,19,21-22H,6-10H2,1H3,(H,20,23). The Kier molecular flexibility index (Phi) is 4.09. The molecule has 1 aromatic rings. The highest BCUT2D eigenvalue weighted by Crippen LogP contribution is 2.37. The highest BCUT2D eigenvalue weighted by Gasteiger charge is 2.41. The fourth-order valence-corrected chi connectivity index (χ4v) is 4.39. The second kappa shape index (κ2) is 6.23. The molecule has 23 heavy (non-hydrogen) atoms. The molecule has 0 aromatic heterocycles. The van der Waals surface area contributed by atoms with Gasteiger partial charge in [-0.2, -0.15) is 0 Å². The quantitative estimate of drug-likeness (QED) is 0.662. The van der Waals surface area contributed by atoms with Gasteiger partial charge in [0.15, 0.2) is 0 Å². The minimum Gasteiger partial charge on any atom is -0.348 e. The van der Waals surface area contributed by atoms with Crippen LogP contribution in [0.1, 0.15) is 49.3 Å². The number of carbonyl (C=O) groups is 1. The first-order valence-corrected chi connectivity index (χ1v) is 8.85. The Balaban J connectivity index is 1.48. The molecule has 2 saturated heterocycles. The van der Waals surface area contributed by atoms with Gasteiger partial charge in [0.2, 0.25) is 5.91 Å². The summed E-state index contributed by atoms with van der Waals surface area (Å²) in [4.78, 5) is 12.8. The molecule has 1 amide bonds. The summed E-state index contributed by atoms with van der Waals surface area (Å²) in [5.41, 5.74) is 9.20.